The van der Waals surface area contributed by atoms with Gasteiger partial charge in [0.2, 0.25) is 5.91 Å². The molecular weight excluding hydrogens is 428 g/mol. The van der Waals surface area contributed by atoms with Gasteiger partial charge in [-0.05, 0) is 49.2 Å². The monoisotopic (exact) mass is 452 g/mol. The molecular formula is C24H25ClN4O3. The van der Waals surface area contributed by atoms with E-state index >= 15 is 0 Å². The van der Waals surface area contributed by atoms with Crippen molar-refractivity contribution in [2.75, 3.05) is 19.5 Å². The predicted molar refractivity (Wildman–Crippen MR) is 125 cm³/mol. The lowest BCUT2D eigenvalue weighted by molar-refractivity contribution is -0.111. The Bertz CT molecular complexity index is 1160. The fraction of sp³-hybridized carbons (Fsp3) is 0.292. The van der Waals surface area contributed by atoms with E-state index in [0.717, 1.165) is 48.6 Å². The van der Waals surface area contributed by atoms with Gasteiger partial charge in [-0.15, -0.1) is 10.2 Å². The van der Waals surface area contributed by atoms with Gasteiger partial charge < -0.3 is 19.4 Å². The quantitative estimate of drug-likeness (QED) is 0.533. The van der Waals surface area contributed by atoms with E-state index in [-0.39, 0.29) is 5.91 Å². The van der Waals surface area contributed by atoms with E-state index in [0.29, 0.717) is 22.2 Å². The SMILES string of the molecule is COc1ccc(C=CC(=O)Nc2ccc(Cl)c(-c3nnc4n3CCCCC4)c2)c(OC)c1. The van der Waals surface area contributed by atoms with Crippen LogP contribution in [0.25, 0.3) is 17.5 Å². The summed E-state index contributed by atoms with van der Waals surface area (Å²) in [6, 6.07) is 10.8. The van der Waals surface area contributed by atoms with Gasteiger partial charge in [0.05, 0.1) is 19.2 Å². The molecule has 3 aromatic rings. The highest BCUT2D eigenvalue weighted by molar-refractivity contribution is 6.33. The summed E-state index contributed by atoms with van der Waals surface area (Å²) in [6.07, 6.45) is 7.46. The maximum Gasteiger partial charge on any atom is 0.248 e. The molecule has 0 saturated heterocycles. The van der Waals surface area contributed by atoms with Gasteiger partial charge in [-0.1, -0.05) is 18.0 Å². The van der Waals surface area contributed by atoms with Crippen molar-refractivity contribution in [3.05, 3.63) is 58.9 Å². The molecule has 166 valence electrons. The topological polar surface area (TPSA) is 78.3 Å². The van der Waals surface area contributed by atoms with Crippen LogP contribution in [-0.2, 0) is 17.8 Å². The van der Waals surface area contributed by atoms with Crippen LogP contribution in [0, 0.1) is 0 Å². The molecule has 0 unspecified atom stereocenters. The number of rotatable bonds is 6. The molecule has 1 amide bonds. The zero-order valence-corrected chi connectivity index (χ0v) is 18.9. The second kappa shape index (κ2) is 9.87. The van der Waals surface area contributed by atoms with Crippen molar-refractivity contribution in [1.29, 1.82) is 0 Å². The molecule has 1 N–H and O–H groups in total. The Morgan fingerprint density at radius 3 is 2.78 bits per heavy atom. The second-order valence-corrected chi connectivity index (χ2v) is 7.93. The number of aryl methyl sites for hydroxylation is 1. The van der Waals surface area contributed by atoms with Crippen LogP contribution in [0.1, 0.15) is 30.7 Å². The van der Waals surface area contributed by atoms with Crippen molar-refractivity contribution in [2.45, 2.75) is 32.2 Å². The lowest BCUT2D eigenvalue weighted by Crippen LogP contribution is -2.08. The Hall–Kier alpha value is -3.32. The highest BCUT2D eigenvalue weighted by Gasteiger charge is 2.18. The van der Waals surface area contributed by atoms with Crippen LogP contribution in [-0.4, -0.2) is 34.9 Å². The highest BCUT2D eigenvalue weighted by atomic mass is 35.5. The Kier molecular flexibility index (Phi) is 6.75. The molecule has 0 spiro atoms. The fourth-order valence-electron chi connectivity index (χ4n) is 3.76. The summed E-state index contributed by atoms with van der Waals surface area (Å²) in [7, 11) is 3.17. The Morgan fingerprint density at radius 1 is 1.09 bits per heavy atom. The molecule has 0 bridgehead atoms. The van der Waals surface area contributed by atoms with Crippen LogP contribution < -0.4 is 14.8 Å². The summed E-state index contributed by atoms with van der Waals surface area (Å²) >= 11 is 6.47. The zero-order valence-electron chi connectivity index (χ0n) is 18.1. The number of hydrogen-bond donors (Lipinski definition) is 1. The van der Waals surface area contributed by atoms with Crippen LogP contribution in [0.5, 0.6) is 11.5 Å². The molecule has 7 nitrogen and oxygen atoms in total. The summed E-state index contributed by atoms with van der Waals surface area (Å²) in [4.78, 5) is 12.5. The third-order valence-electron chi connectivity index (χ3n) is 5.44. The number of ether oxygens (including phenoxy) is 2. The first-order valence-corrected chi connectivity index (χ1v) is 10.9. The van der Waals surface area contributed by atoms with Gasteiger partial charge in [0, 0.05) is 41.9 Å². The van der Waals surface area contributed by atoms with Gasteiger partial charge in [0.15, 0.2) is 5.82 Å². The third-order valence-corrected chi connectivity index (χ3v) is 5.77. The Labute approximate surface area is 192 Å². The van der Waals surface area contributed by atoms with Crippen molar-refractivity contribution >= 4 is 29.3 Å². The van der Waals surface area contributed by atoms with E-state index < -0.39 is 0 Å². The molecule has 2 heterocycles. The normalized spacial score (nSPS) is 13.5. The van der Waals surface area contributed by atoms with Gasteiger partial charge in [-0.3, -0.25) is 4.79 Å². The van der Waals surface area contributed by atoms with E-state index in [1.807, 2.05) is 18.2 Å². The summed E-state index contributed by atoms with van der Waals surface area (Å²) < 4.78 is 12.7. The van der Waals surface area contributed by atoms with Crippen molar-refractivity contribution in [1.82, 2.24) is 14.8 Å². The summed E-state index contributed by atoms with van der Waals surface area (Å²) in [5.41, 5.74) is 2.16. The van der Waals surface area contributed by atoms with Gasteiger partial charge in [0.25, 0.3) is 0 Å². The number of nitrogens with one attached hydrogen (secondary N) is 1. The molecule has 1 aliphatic rings. The van der Waals surface area contributed by atoms with Gasteiger partial charge >= 0.3 is 0 Å². The molecule has 8 heteroatoms. The van der Waals surface area contributed by atoms with E-state index in [1.165, 1.54) is 12.5 Å². The first-order valence-electron chi connectivity index (χ1n) is 10.5. The minimum absolute atomic E-state index is 0.267. The van der Waals surface area contributed by atoms with Gasteiger partial charge in [-0.25, -0.2) is 0 Å². The second-order valence-electron chi connectivity index (χ2n) is 7.53. The number of hydrogen-bond acceptors (Lipinski definition) is 5. The maximum absolute atomic E-state index is 12.5. The average molecular weight is 453 g/mol. The predicted octanol–water partition coefficient (Wildman–Crippen LogP) is 4.99. The minimum Gasteiger partial charge on any atom is -0.497 e. The number of amides is 1. The number of carbonyl (C=O) groups is 1. The standard InChI is InChI=1S/C24H25ClN4O3/c1-31-18-10-7-16(21(15-18)32-2)8-12-23(30)26-17-9-11-20(25)19(14-17)24-28-27-22-6-4-3-5-13-29(22)24/h7-12,14-15H,3-6,13H2,1-2H3,(H,26,30). The highest BCUT2D eigenvalue weighted by Crippen LogP contribution is 2.31. The number of carbonyl (C=O) groups excluding carboxylic acids is 1. The molecule has 32 heavy (non-hydrogen) atoms. The van der Waals surface area contributed by atoms with E-state index in [4.69, 9.17) is 21.1 Å². The van der Waals surface area contributed by atoms with Crippen molar-refractivity contribution in [3.8, 4) is 22.9 Å². The number of aromatic nitrogens is 3. The van der Waals surface area contributed by atoms with Crippen LogP contribution in [0.3, 0.4) is 0 Å². The summed E-state index contributed by atoms with van der Waals surface area (Å²) in [5, 5.41) is 12.2. The number of nitrogens with zero attached hydrogens (tertiary/aromatic N) is 3. The van der Waals surface area contributed by atoms with Crippen LogP contribution in [0.2, 0.25) is 5.02 Å². The average Bonchev–Trinajstić information content (AvgIpc) is 3.06. The van der Waals surface area contributed by atoms with E-state index in [2.05, 4.69) is 20.1 Å². The maximum atomic E-state index is 12.5. The number of benzene rings is 2. The van der Waals surface area contributed by atoms with Gasteiger partial charge in [-0.2, -0.15) is 0 Å². The fourth-order valence-corrected chi connectivity index (χ4v) is 3.97. The van der Waals surface area contributed by atoms with Gasteiger partial charge in [0.1, 0.15) is 17.3 Å². The molecule has 0 saturated carbocycles. The molecule has 0 atom stereocenters. The smallest absolute Gasteiger partial charge is 0.248 e. The summed E-state index contributed by atoms with van der Waals surface area (Å²) in [5.74, 6) is 2.76. The van der Waals surface area contributed by atoms with Crippen molar-refractivity contribution < 1.29 is 14.3 Å². The molecule has 1 aromatic heterocycles. The number of anilines is 1. The van der Waals surface area contributed by atoms with Crippen molar-refractivity contribution in [2.24, 2.45) is 0 Å². The number of methoxy groups -OCH3 is 2. The van der Waals surface area contributed by atoms with Crippen LogP contribution >= 0.6 is 11.6 Å². The molecule has 4 rings (SSSR count). The Balaban J connectivity index is 1.53. The Morgan fingerprint density at radius 2 is 1.97 bits per heavy atom. The first-order chi connectivity index (χ1) is 15.6. The molecule has 0 radical (unpaired) electrons. The van der Waals surface area contributed by atoms with E-state index in [9.17, 15) is 4.79 Å². The third kappa shape index (κ3) is 4.78. The zero-order chi connectivity index (χ0) is 22.5. The van der Waals surface area contributed by atoms with Crippen LogP contribution in [0.15, 0.2) is 42.5 Å². The molecule has 1 aliphatic heterocycles. The summed E-state index contributed by atoms with van der Waals surface area (Å²) in [6.45, 7) is 0.872. The van der Waals surface area contributed by atoms with Crippen LogP contribution in [0.4, 0.5) is 5.69 Å². The largest absolute Gasteiger partial charge is 0.497 e. The first kappa shape index (κ1) is 21.9. The molecule has 2 aromatic carbocycles. The molecule has 0 fully saturated rings. The lowest BCUT2D eigenvalue weighted by atomic mass is 10.1. The van der Waals surface area contributed by atoms with E-state index in [1.54, 1.807) is 38.5 Å². The lowest BCUT2D eigenvalue weighted by Gasteiger charge is -2.10. The number of halogens is 1. The minimum atomic E-state index is -0.267. The molecule has 0 aliphatic carbocycles. The van der Waals surface area contributed by atoms with Crippen molar-refractivity contribution in [3.63, 3.8) is 0 Å². The number of fused-ring (bicyclic) bond motifs is 1.